The van der Waals surface area contributed by atoms with Gasteiger partial charge in [0.15, 0.2) is 11.6 Å². The second kappa shape index (κ2) is 8.06. The molecule has 0 radical (unpaired) electrons. The average molecular weight is 452 g/mol. The van der Waals surface area contributed by atoms with Gasteiger partial charge in [-0.1, -0.05) is 6.07 Å². The Hall–Kier alpha value is -3.07. The summed E-state index contributed by atoms with van der Waals surface area (Å²) in [6.45, 7) is 2.73. The number of hydrogen-bond acceptors (Lipinski definition) is 7. The van der Waals surface area contributed by atoms with Gasteiger partial charge >= 0.3 is 6.01 Å². The number of nitrogens with zero attached hydrogens (tertiary/aromatic N) is 4. The molecule has 3 aliphatic heterocycles. The molecule has 5 aliphatic rings. The van der Waals surface area contributed by atoms with Crippen molar-refractivity contribution < 1.29 is 18.7 Å². The topological polar surface area (TPSA) is 89.5 Å². The van der Waals surface area contributed by atoms with Gasteiger partial charge in [0.2, 0.25) is 5.91 Å². The Labute approximate surface area is 191 Å². The number of carbonyl (C=O) groups is 1. The lowest BCUT2D eigenvalue weighted by Crippen LogP contribution is -2.28. The first-order valence-corrected chi connectivity index (χ1v) is 11.6. The van der Waals surface area contributed by atoms with Crippen LogP contribution in [0.25, 0.3) is 6.08 Å². The van der Waals surface area contributed by atoms with Gasteiger partial charge in [-0.15, -0.1) is 0 Å². The van der Waals surface area contributed by atoms with E-state index in [1.807, 2.05) is 12.1 Å². The number of fused-ring (bicyclic) bond motifs is 1. The molecule has 0 aromatic carbocycles. The zero-order chi connectivity index (χ0) is 22.4. The largest absolute Gasteiger partial charge is 0.460 e. The van der Waals surface area contributed by atoms with Gasteiger partial charge in [0.05, 0.1) is 19.4 Å². The third kappa shape index (κ3) is 3.64. The Morgan fingerprint density at radius 1 is 1.36 bits per heavy atom. The van der Waals surface area contributed by atoms with Crippen LogP contribution in [-0.4, -0.2) is 59.3 Å². The fourth-order valence-corrected chi connectivity index (χ4v) is 5.82. The Bertz CT molecular complexity index is 1070. The molecule has 2 bridgehead atoms. The summed E-state index contributed by atoms with van der Waals surface area (Å²) in [5, 5.41) is 2.97. The zero-order valence-corrected chi connectivity index (χ0v) is 18.2. The first kappa shape index (κ1) is 20.5. The van der Waals surface area contributed by atoms with Crippen molar-refractivity contribution in [3.8, 4) is 6.01 Å². The molecule has 33 heavy (non-hydrogen) atoms. The standard InChI is InChI=1S/C24H26FN5O3/c25-18-13-28-23(33-16-5-10-32-11-6-16)29-22(18)30-14-17-20-21(30)24(17,20)7-9-27-19(31)4-3-15-2-1-8-26-12-15/h1-4,8,12-13,16-17,20-21H,5-7,9-11,14H2,(H,27,31)/b4-3+/t17-,20-,21+,24+/m1/s1. The third-order valence-electron chi connectivity index (χ3n) is 7.53. The summed E-state index contributed by atoms with van der Waals surface area (Å²) in [7, 11) is 0. The summed E-state index contributed by atoms with van der Waals surface area (Å²) in [6.07, 6.45) is 10.4. The summed E-state index contributed by atoms with van der Waals surface area (Å²) in [5.41, 5.74) is 1.08. The lowest BCUT2D eigenvalue weighted by molar-refractivity contribution is -0.116. The number of rotatable bonds is 8. The molecular weight excluding hydrogens is 425 g/mol. The molecule has 9 heteroatoms. The van der Waals surface area contributed by atoms with Gasteiger partial charge in [0.25, 0.3) is 0 Å². The molecule has 3 saturated heterocycles. The summed E-state index contributed by atoms with van der Waals surface area (Å²) < 4.78 is 25.8. The number of amides is 1. The van der Waals surface area contributed by atoms with E-state index in [1.54, 1.807) is 18.5 Å². The fraction of sp³-hybridized carbons (Fsp3) is 0.500. The van der Waals surface area contributed by atoms with Gasteiger partial charge in [-0.3, -0.25) is 9.78 Å². The van der Waals surface area contributed by atoms with E-state index in [0.29, 0.717) is 43.5 Å². The monoisotopic (exact) mass is 451 g/mol. The van der Waals surface area contributed by atoms with Crippen LogP contribution in [0.5, 0.6) is 6.01 Å². The molecular formula is C24H26FN5O3. The number of ether oxygens (including phenoxy) is 2. The van der Waals surface area contributed by atoms with Crippen LogP contribution in [0.1, 0.15) is 24.8 Å². The first-order chi connectivity index (χ1) is 16.2. The molecule has 8 nitrogen and oxygen atoms in total. The normalized spacial score (nSPS) is 29.7. The van der Waals surface area contributed by atoms with Gasteiger partial charge in [-0.05, 0) is 36.0 Å². The highest BCUT2D eigenvalue weighted by Gasteiger charge is 2.91. The molecule has 1 amide bonds. The van der Waals surface area contributed by atoms with Crippen LogP contribution in [0.4, 0.5) is 10.2 Å². The number of halogens is 1. The van der Waals surface area contributed by atoms with Gasteiger partial charge in [-0.2, -0.15) is 4.98 Å². The predicted molar refractivity (Wildman–Crippen MR) is 118 cm³/mol. The van der Waals surface area contributed by atoms with Crippen LogP contribution in [0.15, 0.2) is 36.8 Å². The highest BCUT2D eigenvalue weighted by atomic mass is 19.1. The lowest BCUT2D eigenvalue weighted by Gasteiger charge is -2.23. The molecule has 5 heterocycles. The summed E-state index contributed by atoms with van der Waals surface area (Å²) in [4.78, 5) is 26.7. The van der Waals surface area contributed by atoms with Gasteiger partial charge in [0, 0.05) is 55.9 Å². The van der Waals surface area contributed by atoms with Crippen LogP contribution < -0.4 is 15.0 Å². The number of aromatic nitrogens is 3. The predicted octanol–water partition coefficient (Wildman–Crippen LogP) is 2.22. The number of piperidine rings is 1. The number of anilines is 1. The van der Waals surface area contributed by atoms with Crippen LogP contribution in [0.3, 0.4) is 0 Å². The Balaban J connectivity index is 1.04. The van der Waals surface area contributed by atoms with E-state index in [-0.39, 0.29) is 23.4 Å². The highest BCUT2D eigenvalue weighted by molar-refractivity contribution is 5.91. The molecule has 2 aromatic heterocycles. The second-order valence-electron chi connectivity index (χ2n) is 9.26. The van der Waals surface area contributed by atoms with Crippen molar-refractivity contribution in [3.63, 3.8) is 0 Å². The maximum absolute atomic E-state index is 14.6. The van der Waals surface area contributed by atoms with Crippen molar-refractivity contribution in [2.24, 2.45) is 17.3 Å². The molecule has 2 saturated carbocycles. The van der Waals surface area contributed by atoms with Crippen molar-refractivity contribution >= 4 is 17.8 Å². The second-order valence-corrected chi connectivity index (χ2v) is 9.26. The third-order valence-corrected chi connectivity index (χ3v) is 7.53. The highest BCUT2D eigenvalue weighted by Crippen LogP contribution is 2.87. The maximum atomic E-state index is 14.6. The van der Waals surface area contributed by atoms with Crippen LogP contribution in [0, 0.1) is 23.1 Å². The Kier molecular flexibility index (Phi) is 5.01. The summed E-state index contributed by atoms with van der Waals surface area (Å²) in [5.74, 6) is 0.945. The van der Waals surface area contributed by atoms with E-state index < -0.39 is 5.82 Å². The van der Waals surface area contributed by atoms with Gasteiger partial charge in [0.1, 0.15) is 6.10 Å². The van der Waals surface area contributed by atoms with Gasteiger partial charge < -0.3 is 19.7 Å². The molecule has 0 spiro atoms. The molecule has 7 rings (SSSR count). The molecule has 1 N–H and O–H groups in total. The van der Waals surface area contributed by atoms with Crippen molar-refractivity contribution in [3.05, 3.63) is 48.2 Å². The number of nitrogens with one attached hydrogen (secondary N) is 1. The molecule has 5 fully saturated rings. The van der Waals surface area contributed by atoms with Crippen molar-refractivity contribution in [1.82, 2.24) is 20.3 Å². The smallest absolute Gasteiger partial charge is 0.318 e. The lowest BCUT2D eigenvalue weighted by atomic mass is 10.0. The molecule has 2 aliphatic carbocycles. The minimum atomic E-state index is -0.412. The summed E-state index contributed by atoms with van der Waals surface area (Å²) >= 11 is 0. The van der Waals surface area contributed by atoms with Crippen molar-refractivity contribution in [2.75, 3.05) is 31.2 Å². The number of pyridine rings is 1. The molecule has 172 valence electrons. The van der Waals surface area contributed by atoms with Crippen LogP contribution in [-0.2, 0) is 9.53 Å². The fourth-order valence-electron chi connectivity index (χ4n) is 5.82. The quantitative estimate of drug-likeness (QED) is 0.616. The maximum Gasteiger partial charge on any atom is 0.318 e. The van der Waals surface area contributed by atoms with Gasteiger partial charge in [-0.25, -0.2) is 9.37 Å². The van der Waals surface area contributed by atoms with Crippen molar-refractivity contribution in [1.29, 1.82) is 0 Å². The van der Waals surface area contributed by atoms with Crippen LogP contribution in [0.2, 0.25) is 0 Å². The summed E-state index contributed by atoms with van der Waals surface area (Å²) in [6, 6.07) is 4.26. The van der Waals surface area contributed by atoms with E-state index in [9.17, 15) is 9.18 Å². The Morgan fingerprint density at radius 3 is 3.03 bits per heavy atom. The van der Waals surface area contributed by atoms with E-state index >= 15 is 0 Å². The van der Waals surface area contributed by atoms with E-state index in [0.717, 1.165) is 31.4 Å². The Morgan fingerprint density at radius 2 is 2.24 bits per heavy atom. The first-order valence-electron chi connectivity index (χ1n) is 11.6. The minimum Gasteiger partial charge on any atom is -0.460 e. The van der Waals surface area contributed by atoms with E-state index in [1.165, 1.54) is 12.3 Å². The molecule has 0 unspecified atom stereocenters. The zero-order valence-electron chi connectivity index (χ0n) is 18.2. The van der Waals surface area contributed by atoms with E-state index in [4.69, 9.17) is 9.47 Å². The average Bonchev–Trinajstić information content (AvgIpc) is 3.54. The number of carbonyl (C=O) groups excluding carboxylic acids is 1. The molecule has 4 atom stereocenters. The van der Waals surface area contributed by atoms with Crippen molar-refractivity contribution in [2.45, 2.75) is 31.4 Å². The SMILES string of the molecule is O=C(/C=C/c1cccnc1)NCC[C@@]12[C@@H]3[C@H]1CN(c1nc(OC4CCOCC4)ncc1F)[C@@H]32. The molecule has 2 aromatic rings. The number of hydrogen-bond donors (Lipinski definition) is 1. The van der Waals surface area contributed by atoms with Crippen LogP contribution >= 0.6 is 0 Å². The van der Waals surface area contributed by atoms with E-state index in [2.05, 4.69) is 25.2 Å². The minimum absolute atomic E-state index is 0.0112.